The van der Waals surface area contributed by atoms with Crippen molar-refractivity contribution in [3.05, 3.63) is 46.5 Å². The first-order chi connectivity index (χ1) is 8.88. The largest absolute Gasteiger partial charge is 0.418 e. The van der Waals surface area contributed by atoms with Gasteiger partial charge in [-0.1, -0.05) is 15.9 Å². The molecular weight excluding hydrogens is 323 g/mol. The fourth-order valence-corrected chi connectivity index (χ4v) is 2.01. The molecule has 1 heterocycles. The number of alkyl halides is 3. The van der Waals surface area contributed by atoms with Gasteiger partial charge in [-0.25, -0.2) is 4.98 Å². The average molecular weight is 334 g/mol. The normalized spacial score (nSPS) is 11.6. The second-order valence-electron chi connectivity index (χ2n) is 4.00. The third-order valence-electron chi connectivity index (χ3n) is 2.64. The van der Waals surface area contributed by atoms with Gasteiger partial charge in [-0.3, -0.25) is 0 Å². The summed E-state index contributed by atoms with van der Waals surface area (Å²) in [5, 5.41) is 2.77. The van der Waals surface area contributed by atoms with E-state index >= 15 is 0 Å². The van der Waals surface area contributed by atoms with Crippen molar-refractivity contribution in [3.63, 3.8) is 0 Å². The van der Waals surface area contributed by atoms with Crippen LogP contribution in [0, 0.1) is 0 Å². The Kier molecular flexibility index (Phi) is 3.84. The van der Waals surface area contributed by atoms with Crippen LogP contribution in [0.2, 0.25) is 0 Å². The highest BCUT2D eigenvalue weighted by Gasteiger charge is 2.33. The molecule has 0 fully saturated rings. The fraction of sp³-hybridized carbons (Fsp3) is 0.250. The zero-order valence-electron chi connectivity index (χ0n) is 10.0. The Labute approximate surface area is 116 Å². The number of aromatic nitrogens is 2. The maximum Gasteiger partial charge on any atom is 0.418 e. The molecule has 0 saturated carbocycles. The van der Waals surface area contributed by atoms with E-state index < -0.39 is 11.7 Å². The molecule has 0 aliphatic heterocycles. The molecule has 0 aliphatic carbocycles. The van der Waals surface area contributed by atoms with Gasteiger partial charge < -0.3 is 9.88 Å². The van der Waals surface area contributed by atoms with Crippen LogP contribution in [-0.2, 0) is 19.8 Å². The number of aryl methyl sites for hydroxylation is 1. The van der Waals surface area contributed by atoms with Gasteiger partial charge in [-0.05, 0) is 18.2 Å². The molecule has 7 heteroatoms. The molecule has 0 atom stereocenters. The summed E-state index contributed by atoms with van der Waals surface area (Å²) in [6.45, 7) is 0.225. The minimum atomic E-state index is -4.38. The van der Waals surface area contributed by atoms with Gasteiger partial charge in [-0.15, -0.1) is 0 Å². The zero-order valence-corrected chi connectivity index (χ0v) is 11.6. The van der Waals surface area contributed by atoms with Crippen LogP contribution in [0.3, 0.4) is 0 Å². The maximum atomic E-state index is 12.8. The predicted octanol–water partition coefficient (Wildman–Crippen LogP) is 3.81. The minimum Gasteiger partial charge on any atom is -0.377 e. The topological polar surface area (TPSA) is 29.9 Å². The molecule has 0 amide bonds. The van der Waals surface area contributed by atoms with E-state index in [1.54, 1.807) is 24.0 Å². The standard InChI is InChI=1S/C12H11BrF3N3/c1-19-5-4-17-11(19)7-18-10-6-8(13)2-3-9(10)12(14,15)16/h2-6,18H,7H2,1H3. The molecule has 0 saturated heterocycles. The van der Waals surface area contributed by atoms with Crippen LogP contribution in [0.1, 0.15) is 11.4 Å². The Bertz CT molecular complexity index is 578. The number of rotatable bonds is 3. The minimum absolute atomic E-state index is 0.0323. The third kappa shape index (κ3) is 3.28. The SMILES string of the molecule is Cn1ccnc1CNc1cc(Br)ccc1C(F)(F)F. The molecule has 19 heavy (non-hydrogen) atoms. The maximum absolute atomic E-state index is 12.8. The molecular formula is C12H11BrF3N3. The average Bonchev–Trinajstić information content (AvgIpc) is 2.70. The highest BCUT2D eigenvalue weighted by molar-refractivity contribution is 9.10. The first kappa shape index (κ1) is 13.9. The van der Waals surface area contributed by atoms with Crippen LogP contribution in [0.5, 0.6) is 0 Å². The summed E-state index contributed by atoms with van der Waals surface area (Å²) in [7, 11) is 1.79. The van der Waals surface area contributed by atoms with Crippen molar-refractivity contribution in [2.75, 3.05) is 5.32 Å². The van der Waals surface area contributed by atoms with E-state index in [1.807, 2.05) is 0 Å². The van der Waals surface area contributed by atoms with Crippen LogP contribution in [-0.4, -0.2) is 9.55 Å². The zero-order chi connectivity index (χ0) is 14.0. The third-order valence-corrected chi connectivity index (χ3v) is 3.14. The lowest BCUT2D eigenvalue weighted by Crippen LogP contribution is -2.12. The molecule has 1 aromatic carbocycles. The van der Waals surface area contributed by atoms with Gasteiger partial charge >= 0.3 is 6.18 Å². The van der Waals surface area contributed by atoms with Gasteiger partial charge in [0, 0.05) is 29.6 Å². The van der Waals surface area contributed by atoms with Crippen molar-refractivity contribution >= 4 is 21.6 Å². The first-order valence-electron chi connectivity index (χ1n) is 5.45. The number of halogens is 4. The summed E-state index contributed by atoms with van der Waals surface area (Å²) < 4.78 is 40.9. The number of anilines is 1. The number of benzene rings is 1. The molecule has 0 radical (unpaired) electrons. The lowest BCUT2D eigenvalue weighted by atomic mass is 10.1. The fourth-order valence-electron chi connectivity index (χ4n) is 1.65. The highest BCUT2D eigenvalue weighted by Crippen LogP contribution is 2.36. The smallest absolute Gasteiger partial charge is 0.377 e. The number of nitrogens with zero attached hydrogens (tertiary/aromatic N) is 2. The van der Waals surface area contributed by atoms with Gasteiger partial charge in [0.1, 0.15) is 5.82 Å². The molecule has 0 unspecified atom stereocenters. The van der Waals surface area contributed by atoms with Crippen molar-refractivity contribution in [2.45, 2.75) is 12.7 Å². The van der Waals surface area contributed by atoms with E-state index in [0.717, 1.165) is 6.07 Å². The van der Waals surface area contributed by atoms with E-state index in [9.17, 15) is 13.2 Å². The number of hydrogen-bond donors (Lipinski definition) is 1. The van der Waals surface area contributed by atoms with E-state index in [4.69, 9.17) is 0 Å². The molecule has 1 N–H and O–H groups in total. The molecule has 1 aromatic heterocycles. The summed E-state index contributed by atoms with van der Waals surface area (Å²) in [4.78, 5) is 4.05. The number of imidazole rings is 1. The van der Waals surface area contributed by atoms with Gasteiger partial charge in [0.2, 0.25) is 0 Å². The number of nitrogens with one attached hydrogen (secondary N) is 1. The van der Waals surface area contributed by atoms with Gasteiger partial charge in [0.25, 0.3) is 0 Å². The number of hydrogen-bond acceptors (Lipinski definition) is 2. The first-order valence-corrected chi connectivity index (χ1v) is 6.24. The quantitative estimate of drug-likeness (QED) is 0.925. The van der Waals surface area contributed by atoms with Crippen molar-refractivity contribution in [2.24, 2.45) is 7.05 Å². The lowest BCUT2D eigenvalue weighted by Gasteiger charge is -2.14. The summed E-state index contributed by atoms with van der Waals surface area (Å²) in [6, 6.07) is 3.82. The van der Waals surface area contributed by atoms with Crippen LogP contribution in [0.15, 0.2) is 35.1 Å². The molecule has 0 spiro atoms. The van der Waals surface area contributed by atoms with Gasteiger partial charge in [0.15, 0.2) is 0 Å². The predicted molar refractivity (Wildman–Crippen MR) is 69.7 cm³/mol. The van der Waals surface area contributed by atoms with Gasteiger partial charge in [0.05, 0.1) is 12.1 Å². The molecule has 102 valence electrons. The van der Waals surface area contributed by atoms with Crippen molar-refractivity contribution in [1.29, 1.82) is 0 Å². The Hall–Kier alpha value is -1.50. The summed E-state index contributed by atoms with van der Waals surface area (Å²) in [5.41, 5.74) is -0.658. The van der Waals surface area contributed by atoms with Crippen molar-refractivity contribution in [1.82, 2.24) is 9.55 Å². The Morgan fingerprint density at radius 3 is 2.68 bits per heavy atom. The summed E-state index contributed by atoms with van der Waals surface area (Å²) in [6.07, 6.45) is -1.05. The highest BCUT2D eigenvalue weighted by atomic mass is 79.9. The Morgan fingerprint density at radius 1 is 1.37 bits per heavy atom. The Morgan fingerprint density at radius 2 is 2.11 bits per heavy atom. The summed E-state index contributed by atoms with van der Waals surface area (Å²) in [5.74, 6) is 0.660. The monoisotopic (exact) mass is 333 g/mol. The van der Waals surface area contributed by atoms with Crippen LogP contribution < -0.4 is 5.32 Å². The Balaban J connectivity index is 2.24. The lowest BCUT2D eigenvalue weighted by molar-refractivity contribution is -0.137. The molecule has 2 rings (SSSR count). The van der Waals surface area contributed by atoms with E-state index in [0.29, 0.717) is 10.3 Å². The molecule has 0 bridgehead atoms. The van der Waals surface area contributed by atoms with Crippen molar-refractivity contribution in [3.8, 4) is 0 Å². The molecule has 0 aliphatic rings. The van der Waals surface area contributed by atoms with E-state index in [-0.39, 0.29) is 12.2 Å². The molecule has 2 aromatic rings. The van der Waals surface area contributed by atoms with Crippen LogP contribution in [0.25, 0.3) is 0 Å². The second-order valence-corrected chi connectivity index (χ2v) is 4.91. The summed E-state index contributed by atoms with van der Waals surface area (Å²) >= 11 is 3.17. The van der Waals surface area contributed by atoms with Crippen LogP contribution >= 0.6 is 15.9 Å². The van der Waals surface area contributed by atoms with E-state index in [1.165, 1.54) is 12.1 Å². The van der Waals surface area contributed by atoms with Crippen molar-refractivity contribution < 1.29 is 13.2 Å². The van der Waals surface area contributed by atoms with Gasteiger partial charge in [-0.2, -0.15) is 13.2 Å². The van der Waals surface area contributed by atoms with E-state index in [2.05, 4.69) is 26.2 Å². The second kappa shape index (κ2) is 5.24. The van der Waals surface area contributed by atoms with Crippen LogP contribution in [0.4, 0.5) is 18.9 Å². The molecule has 3 nitrogen and oxygen atoms in total.